The number of amides is 1. The van der Waals surface area contributed by atoms with Crippen molar-refractivity contribution >= 4 is 17.2 Å². The molecule has 1 aliphatic rings. The molecule has 2 aromatic heterocycles. The van der Waals surface area contributed by atoms with E-state index in [0.29, 0.717) is 12.3 Å². The fourth-order valence-electron chi connectivity index (χ4n) is 2.28. The maximum atomic E-state index is 12.1. The number of hydrogen-bond donors (Lipinski definition) is 0. The third-order valence-electron chi connectivity index (χ3n) is 3.28. The summed E-state index contributed by atoms with van der Waals surface area (Å²) in [4.78, 5) is 15.0. The van der Waals surface area contributed by atoms with Gasteiger partial charge in [-0.25, -0.2) is 0 Å². The summed E-state index contributed by atoms with van der Waals surface area (Å²) in [5.41, 5.74) is 1.35. The molecule has 4 nitrogen and oxygen atoms in total. The molecule has 0 saturated carbocycles. The van der Waals surface area contributed by atoms with Gasteiger partial charge in [0.2, 0.25) is 0 Å². The number of hydrogen-bond acceptors (Lipinski definition) is 4. The third kappa shape index (κ3) is 2.43. The number of rotatable bonds is 3. The predicted molar refractivity (Wildman–Crippen MR) is 72.4 cm³/mol. The molecule has 0 N–H and O–H groups in total. The standard InChI is InChI=1S/C14H15NO3S/c1-15(14(16)11-3-2-6-17-11)9-12-13-10(4-7-18-12)5-8-19-13/h2-3,5-6,8,12H,4,7,9H2,1H3/t12-/m0/s1. The van der Waals surface area contributed by atoms with E-state index in [0.717, 1.165) is 13.0 Å². The van der Waals surface area contributed by atoms with E-state index >= 15 is 0 Å². The Labute approximate surface area is 115 Å². The molecule has 1 amide bonds. The van der Waals surface area contributed by atoms with Crippen LogP contribution in [0.25, 0.3) is 0 Å². The van der Waals surface area contributed by atoms with Gasteiger partial charge in [0.1, 0.15) is 6.10 Å². The molecule has 1 aliphatic heterocycles. The summed E-state index contributed by atoms with van der Waals surface area (Å²) in [5, 5.41) is 2.08. The van der Waals surface area contributed by atoms with Gasteiger partial charge in [-0.05, 0) is 35.6 Å². The van der Waals surface area contributed by atoms with E-state index in [-0.39, 0.29) is 12.0 Å². The lowest BCUT2D eigenvalue weighted by Crippen LogP contribution is -2.33. The summed E-state index contributed by atoms with van der Waals surface area (Å²) in [6.07, 6.45) is 2.45. The van der Waals surface area contributed by atoms with E-state index in [1.807, 2.05) is 0 Å². The molecule has 19 heavy (non-hydrogen) atoms. The van der Waals surface area contributed by atoms with Crippen molar-refractivity contribution in [3.63, 3.8) is 0 Å². The van der Waals surface area contributed by atoms with E-state index in [9.17, 15) is 4.79 Å². The molecule has 0 bridgehead atoms. The molecule has 1 atom stereocenters. The number of fused-ring (bicyclic) bond motifs is 1. The Morgan fingerprint density at radius 2 is 2.42 bits per heavy atom. The summed E-state index contributed by atoms with van der Waals surface area (Å²) >= 11 is 1.70. The second-order valence-corrected chi connectivity index (χ2v) is 5.53. The third-order valence-corrected chi connectivity index (χ3v) is 4.33. The van der Waals surface area contributed by atoms with Gasteiger partial charge in [0.25, 0.3) is 5.91 Å². The van der Waals surface area contributed by atoms with Crippen LogP contribution in [0.1, 0.15) is 27.1 Å². The number of thiophene rings is 1. The second kappa shape index (κ2) is 5.19. The molecule has 0 unspecified atom stereocenters. The van der Waals surface area contributed by atoms with Gasteiger partial charge in [-0.2, -0.15) is 0 Å². The molecule has 0 fully saturated rings. The van der Waals surface area contributed by atoms with Crippen LogP contribution in [-0.2, 0) is 11.2 Å². The molecule has 5 heteroatoms. The molecule has 2 aromatic rings. The first kappa shape index (κ1) is 12.4. The normalized spacial score (nSPS) is 18.1. The van der Waals surface area contributed by atoms with Gasteiger partial charge in [-0.1, -0.05) is 0 Å². The number of carbonyl (C=O) groups excluding carboxylic acids is 1. The van der Waals surface area contributed by atoms with Crippen molar-refractivity contribution in [1.29, 1.82) is 0 Å². The van der Waals surface area contributed by atoms with Crippen LogP contribution < -0.4 is 0 Å². The lowest BCUT2D eigenvalue weighted by Gasteiger charge is -2.27. The van der Waals surface area contributed by atoms with E-state index in [1.54, 1.807) is 35.4 Å². The molecule has 0 spiro atoms. The van der Waals surface area contributed by atoms with E-state index in [4.69, 9.17) is 9.15 Å². The molecule has 0 aliphatic carbocycles. The largest absolute Gasteiger partial charge is 0.459 e. The smallest absolute Gasteiger partial charge is 0.289 e. The Morgan fingerprint density at radius 3 is 3.21 bits per heavy atom. The second-order valence-electron chi connectivity index (χ2n) is 4.58. The number of carbonyl (C=O) groups is 1. The Hall–Kier alpha value is -1.59. The molecular weight excluding hydrogens is 262 g/mol. The fraction of sp³-hybridized carbons (Fsp3) is 0.357. The molecule has 0 saturated heterocycles. The minimum atomic E-state index is -0.114. The number of ether oxygens (including phenoxy) is 1. The summed E-state index contributed by atoms with van der Waals surface area (Å²) in [6.45, 7) is 1.27. The van der Waals surface area contributed by atoms with Gasteiger partial charge in [0.05, 0.1) is 19.4 Å². The van der Waals surface area contributed by atoms with Gasteiger partial charge < -0.3 is 14.1 Å². The topological polar surface area (TPSA) is 42.7 Å². The summed E-state index contributed by atoms with van der Waals surface area (Å²) in [6, 6.07) is 5.54. The Kier molecular flexibility index (Phi) is 3.40. The van der Waals surface area contributed by atoms with Crippen molar-refractivity contribution in [1.82, 2.24) is 4.90 Å². The van der Waals surface area contributed by atoms with Crippen molar-refractivity contribution in [3.8, 4) is 0 Å². The average molecular weight is 277 g/mol. The zero-order valence-corrected chi connectivity index (χ0v) is 11.5. The van der Waals surface area contributed by atoms with E-state index in [1.165, 1.54) is 16.7 Å². The summed E-state index contributed by atoms with van der Waals surface area (Å²) in [7, 11) is 1.77. The first-order valence-electron chi connectivity index (χ1n) is 6.22. The van der Waals surface area contributed by atoms with Gasteiger partial charge in [-0.15, -0.1) is 11.3 Å². The minimum Gasteiger partial charge on any atom is -0.459 e. The van der Waals surface area contributed by atoms with Crippen molar-refractivity contribution in [2.75, 3.05) is 20.2 Å². The van der Waals surface area contributed by atoms with Crippen molar-refractivity contribution < 1.29 is 13.9 Å². The lowest BCUT2D eigenvalue weighted by molar-refractivity contribution is 0.0215. The van der Waals surface area contributed by atoms with Gasteiger partial charge in [-0.3, -0.25) is 4.79 Å². The predicted octanol–water partition coefficient (Wildman–Crippen LogP) is 2.73. The van der Waals surface area contributed by atoms with Crippen LogP contribution >= 0.6 is 11.3 Å². The maximum Gasteiger partial charge on any atom is 0.289 e. The molecule has 0 aromatic carbocycles. The zero-order valence-electron chi connectivity index (χ0n) is 10.7. The first-order chi connectivity index (χ1) is 9.25. The van der Waals surface area contributed by atoms with Gasteiger partial charge >= 0.3 is 0 Å². The minimum absolute atomic E-state index is 0.0207. The Morgan fingerprint density at radius 1 is 1.53 bits per heavy atom. The molecular formula is C14H15NO3S. The van der Waals surface area contributed by atoms with Crippen molar-refractivity contribution in [2.24, 2.45) is 0 Å². The molecule has 3 heterocycles. The fourth-order valence-corrected chi connectivity index (χ4v) is 3.27. The quantitative estimate of drug-likeness (QED) is 0.866. The summed E-state index contributed by atoms with van der Waals surface area (Å²) < 4.78 is 10.9. The van der Waals surface area contributed by atoms with Gasteiger partial charge in [0, 0.05) is 11.9 Å². The van der Waals surface area contributed by atoms with E-state index in [2.05, 4.69) is 11.4 Å². The van der Waals surface area contributed by atoms with Crippen LogP contribution in [0, 0.1) is 0 Å². The van der Waals surface area contributed by atoms with Crippen LogP contribution in [0.4, 0.5) is 0 Å². The average Bonchev–Trinajstić information content (AvgIpc) is 3.09. The highest BCUT2D eigenvalue weighted by atomic mass is 32.1. The first-order valence-corrected chi connectivity index (χ1v) is 7.10. The number of nitrogens with zero attached hydrogens (tertiary/aromatic N) is 1. The number of furan rings is 1. The lowest BCUT2D eigenvalue weighted by atomic mass is 10.1. The highest BCUT2D eigenvalue weighted by Crippen LogP contribution is 2.32. The van der Waals surface area contributed by atoms with Gasteiger partial charge in [0.15, 0.2) is 5.76 Å². The molecule has 0 radical (unpaired) electrons. The van der Waals surface area contributed by atoms with E-state index < -0.39 is 0 Å². The van der Waals surface area contributed by atoms with Crippen molar-refractivity contribution in [2.45, 2.75) is 12.5 Å². The SMILES string of the molecule is CN(C[C@@H]1OCCc2ccsc21)C(=O)c1ccco1. The monoisotopic (exact) mass is 277 g/mol. The zero-order chi connectivity index (χ0) is 13.2. The summed E-state index contributed by atoms with van der Waals surface area (Å²) in [5.74, 6) is 0.252. The Bertz CT molecular complexity index is 561. The maximum absolute atomic E-state index is 12.1. The Balaban J connectivity index is 1.71. The molecule has 3 rings (SSSR count). The van der Waals surface area contributed by atoms with Crippen LogP contribution in [0.15, 0.2) is 34.3 Å². The highest BCUT2D eigenvalue weighted by molar-refractivity contribution is 7.10. The van der Waals surface area contributed by atoms with Crippen LogP contribution in [0.3, 0.4) is 0 Å². The molecule has 100 valence electrons. The van der Waals surface area contributed by atoms with Crippen molar-refractivity contribution in [3.05, 3.63) is 46.0 Å². The van der Waals surface area contributed by atoms with Crippen LogP contribution in [0.2, 0.25) is 0 Å². The number of likely N-dealkylation sites (N-methyl/N-ethyl adjacent to an activating group) is 1. The highest BCUT2D eigenvalue weighted by Gasteiger charge is 2.26. The van der Waals surface area contributed by atoms with Crippen LogP contribution in [-0.4, -0.2) is 31.0 Å². The van der Waals surface area contributed by atoms with Crippen LogP contribution in [0.5, 0.6) is 0 Å².